The minimum absolute atomic E-state index is 0.0197. The molecule has 19 heavy (non-hydrogen) atoms. The summed E-state index contributed by atoms with van der Waals surface area (Å²) in [7, 11) is 0. The Bertz CT molecular complexity index is 391. The maximum Gasteiger partial charge on any atom is 0.387 e. The Morgan fingerprint density at radius 2 is 2.16 bits per heavy atom. The van der Waals surface area contributed by atoms with Crippen LogP contribution in [0.5, 0.6) is 5.75 Å². The van der Waals surface area contributed by atoms with Crippen molar-refractivity contribution < 1.29 is 18.6 Å². The molecule has 0 radical (unpaired) electrons. The molecule has 0 aromatic heterocycles. The molecule has 1 aromatic rings. The Hall–Kier alpha value is -0.910. The van der Waals surface area contributed by atoms with E-state index in [-0.39, 0.29) is 23.4 Å². The highest BCUT2D eigenvalue weighted by atomic mass is 35.5. The van der Waals surface area contributed by atoms with E-state index < -0.39 is 6.61 Å². The quantitative estimate of drug-likeness (QED) is 0.773. The Kier molecular flexibility index (Phi) is 7.05. The molecule has 1 unspecified atom stereocenters. The molecular weight excluding hydrogens is 276 g/mol. The lowest BCUT2D eigenvalue weighted by Crippen LogP contribution is -2.25. The second-order valence-electron chi connectivity index (χ2n) is 4.29. The molecule has 0 aliphatic carbocycles. The predicted molar refractivity (Wildman–Crippen MR) is 70.7 cm³/mol. The van der Waals surface area contributed by atoms with Gasteiger partial charge in [0.15, 0.2) is 0 Å². The summed E-state index contributed by atoms with van der Waals surface area (Å²) in [6.07, 6.45) is 1.62. The highest BCUT2D eigenvalue weighted by Gasteiger charge is 2.09. The van der Waals surface area contributed by atoms with Gasteiger partial charge in [-0.15, -0.1) is 0 Å². The van der Waals surface area contributed by atoms with Crippen molar-refractivity contribution in [3.63, 3.8) is 0 Å². The molecule has 0 saturated heterocycles. The van der Waals surface area contributed by atoms with Crippen LogP contribution in [0.2, 0.25) is 5.02 Å². The number of aliphatic hydroxyl groups excluding tert-OH is 1. The van der Waals surface area contributed by atoms with E-state index in [2.05, 4.69) is 10.1 Å². The second-order valence-corrected chi connectivity index (χ2v) is 4.70. The monoisotopic (exact) mass is 293 g/mol. The smallest absolute Gasteiger partial charge is 0.387 e. The highest BCUT2D eigenvalue weighted by Crippen LogP contribution is 2.26. The first kappa shape index (κ1) is 16.1. The van der Waals surface area contributed by atoms with Crippen LogP contribution in [0, 0.1) is 0 Å². The zero-order valence-corrected chi connectivity index (χ0v) is 11.5. The SMILES string of the molecule is CC(CCCO)NCc1ccc(OC(F)F)c(Cl)c1. The zero-order valence-electron chi connectivity index (χ0n) is 10.7. The van der Waals surface area contributed by atoms with Crippen LogP contribution in [-0.4, -0.2) is 24.4 Å². The molecule has 1 aromatic carbocycles. The van der Waals surface area contributed by atoms with E-state index in [1.165, 1.54) is 6.07 Å². The van der Waals surface area contributed by atoms with E-state index >= 15 is 0 Å². The first-order chi connectivity index (χ1) is 9.02. The summed E-state index contributed by atoms with van der Waals surface area (Å²) in [5.74, 6) is -0.0197. The molecule has 0 bridgehead atoms. The number of aliphatic hydroxyl groups is 1. The summed E-state index contributed by atoms with van der Waals surface area (Å²) < 4.78 is 28.4. The molecule has 3 nitrogen and oxygen atoms in total. The van der Waals surface area contributed by atoms with E-state index in [1.807, 2.05) is 6.92 Å². The largest absolute Gasteiger partial charge is 0.433 e. The van der Waals surface area contributed by atoms with Crippen LogP contribution in [0.15, 0.2) is 18.2 Å². The topological polar surface area (TPSA) is 41.5 Å². The molecular formula is C13H18ClF2NO2. The molecule has 1 rings (SSSR count). The van der Waals surface area contributed by atoms with Gasteiger partial charge in [0.25, 0.3) is 0 Å². The number of halogens is 3. The van der Waals surface area contributed by atoms with Gasteiger partial charge in [0, 0.05) is 19.2 Å². The van der Waals surface area contributed by atoms with Crippen molar-refractivity contribution in [1.29, 1.82) is 0 Å². The van der Waals surface area contributed by atoms with Crippen LogP contribution in [0.4, 0.5) is 8.78 Å². The molecule has 0 aliphatic rings. The molecule has 2 N–H and O–H groups in total. The van der Waals surface area contributed by atoms with Crippen LogP contribution in [-0.2, 0) is 6.54 Å². The lowest BCUT2D eigenvalue weighted by Gasteiger charge is -2.14. The van der Waals surface area contributed by atoms with Crippen molar-refractivity contribution in [3.8, 4) is 5.75 Å². The highest BCUT2D eigenvalue weighted by molar-refractivity contribution is 6.32. The van der Waals surface area contributed by atoms with Gasteiger partial charge in [0.2, 0.25) is 0 Å². The van der Waals surface area contributed by atoms with E-state index in [0.717, 1.165) is 18.4 Å². The maximum atomic E-state index is 12.1. The number of rotatable bonds is 8. The van der Waals surface area contributed by atoms with Gasteiger partial charge >= 0.3 is 6.61 Å². The average Bonchev–Trinajstić information content (AvgIpc) is 2.36. The number of nitrogens with one attached hydrogen (secondary N) is 1. The molecule has 6 heteroatoms. The number of ether oxygens (including phenoxy) is 1. The summed E-state index contributed by atoms with van der Waals surface area (Å²) in [4.78, 5) is 0. The molecule has 0 heterocycles. The van der Waals surface area contributed by atoms with Crippen molar-refractivity contribution in [2.75, 3.05) is 6.61 Å². The van der Waals surface area contributed by atoms with Gasteiger partial charge in [0.05, 0.1) is 5.02 Å². The van der Waals surface area contributed by atoms with Gasteiger partial charge in [-0.2, -0.15) is 8.78 Å². The summed E-state index contributed by atoms with van der Waals surface area (Å²) in [5, 5.41) is 12.2. The molecule has 0 amide bonds. The molecule has 1 atom stereocenters. The van der Waals surface area contributed by atoms with Crippen LogP contribution in [0.25, 0.3) is 0 Å². The predicted octanol–water partition coefficient (Wildman–Crippen LogP) is 3.19. The van der Waals surface area contributed by atoms with Crippen molar-refractivity contribution in [2.45, 2.75) is 39.0 Å². The summed E-state index contributed by atoms with van der Waals surface area (Å²) in [5.41, 5.74) is 0.891. The van der Waals surface area contributed by atoms with E-state index in [1.54, 1.807) is 12.1 Å². The minimum atomic E-state index is -2.88. The number of alkyl halides is 2. The Balaban J connectivity index is 2.49. The van der Waals surface area contributed by atoms with Crippen molar-refractivity contribution in [1.82, 2.24) is 5.32 Å². The van der Waals surface area contributed by atoms with Crippen molar-refractivity contribution in [2.24, 2.45) is 0 Å². The zero-order chi connectivity index (χ0) is 14.3. The van der Waals surface area contributed by atoms with Crippen molar-refractivity contribution >= 4 is 11.6 Å². The second kappa shape index (κ2) is 8.30. The van der Waals surface area contributed by atoms with Gasteiger partial charge in [-0.3, -0.25) is 0 Å². The number of benzene rings is 1. The van der Waals surface area contributed by atoms with Crippen LogP contribution in [0.3, 0.4) is 0 Å². The molecule has 0 aliphatic heterocycles. The van der Waals surface area contributed by atoms with Crippen LogP contribution in [0.1, 0.15) is 25.3 Å². The fraction of sp³-hybridized carbons (Fsp3) is 0.538. The Morgan fingerprint density at radius 1 is 1.42 bits per heavy atom. The van der Waals surface area contributed by atoms with Gasteiger partial charge in [0.1, 0.15) is 5.75 Å². The van der Waals surface area contributed by atoms with E-state index in [0.29, 0.717) is 6.54 Å². The third kappa shape index (κ3) is 6.18. The fourth-order valence-corrected chi connectivity index (χ4v) is 1.89. The van der Waals surface area contributed by atoms with Gasteiger partial charge < -0.3 is 15.2 Å². The summed E-state index contributed by atoms with van der Waals surface area (Å²) >= 11 is 5.85. The Morgan fingerprint density at radius 3 is 2.74 bits per heavy atom. The fourth-order valence-electron chi connectivity index (χ4n) is 1.64. The van der Waals surface area contributed by atoms with Crippen LogP contribution >= 0.6 is 11.6 Å². The van der Waals surface area contributed by atoms with Crippen LogP contribution < -0.4 is 10.1 Å². The average molecular weight is 294 g/mol. The number of hydrogen-bond acceptors (Lipinski definition) is 3. The molecule has 0 saturated carbocycles. The third-order valence-electron chi connectivity index (χ3n) is 2.66. The van der Waals surface area contributed by atoms with E-state index in [4.69, 9.17) is 16.7 Å². The minimum Gasteiger partial charge on any atom is -0.433 e. The summed E-state index contributed by atoms with van der Waals surface area (Å²) in [6, 6.07) is 4.99. The standard InChI is InChI=1S/C13H18ClF2NO2/c1-9(3-2-6-18)17-8-10-4-5-12(11(14)7-10)19-13(15)16/h4-5,7,9,13,17-18H,2-3,6,8H2,1H3. The molecule has 0 spiro atoms. The van der Waals surface area contributed by atoms with Gasteiger partial charge in [-0.05, 0) is 37.5 Å². The number of hydrogen-bond donors (Lipinski definition) is 2. The summed E-state index contributed by atoms with van der Waals surface area (Å²) in [6.45, 7) is -0.0929. The van der Waals surface area contributed by atoms with Gasteiger partial charge in [-0.1, -0.05) is 17.7 Å². The van der Waals surface area contributed by atoms with Gasteiger partial charge in [-0.25, -0.2) is 0 Å². The normalized spacial score (nSPS) is 12.7. The lowest BCUT2D eigenvalue weighted by atomic mass is 10.1. The first-order valence-corrected chi connectivity index (χ1v) is 6.48. The third-order valence-corrected chi connectivity index (χ3v) is 2.96. The Labute approximate surface area is 116 Å². The molecule has 108 valence electrons. The van der Waals surface area contributed by atoms with Crippen molar-refractivity contribution in [3.05, 3.63) is 28.8 Å². The molecule has 0 fully saturated rings. The first-order valence-electron chi connectivity index (χ1n) is 6.10. The lowest BCUT2D eigenvalue weighted by molar-refractivity contribution is -0.0497. The van der Waals surface area contributed by atoms with E-state index in [9.17, 15) is 8.78 Å². The maximum absolute atomic E-state index is 12.1.